The minimum absolute atomic E-state index is 0.0234. The second-order valence-electron chi connectivity index (χ2n) is 13.7. The van der Waals surface area contributed by atoms with E-state index in [0.717, 1.165) is 44.3 Å². The van der Waals surface area contributed by atoms with Gasteiger partial charge in [-0.3, -0.25) is 9.48 Å². The van der Waals surface area contributed by atoms with Gasteiger partial charge < -0.3 is 19.1 Å². The van der Waals surface area contributed by atoms with Crippen molar-refractivity contribution in [2.24, 2.45) is 28.2 Å². The highest BCUT2D eigenvalue weighted by atomic mass is 35.5. The van der Waals surface area contributed by atoms with Crippen molar-refractivity contribution < 1.29 is 23.2 Å². The zero-order valence-electron chi connectivity index (χ0n) is 29.7. The lowest BCUT2D eigenvalue weighted by molar-refractivity contribution is 0.0126. The Balaban J connectivity index is 1.34. The molecule has 1 amide bonds. The SMILES string of the molecule is CO[C@H]1/C=C/[C@H](OC)CCS(=O)(C=Nc2ncnc3nn(C)cc23)=NC(=O)c2ccc3c(c2)N(Cc2ccc(Cl)cc2CCCCO3)C[C@@H]2CC[C@H]21. The van der Waals surface area contributed by atoms with Crippen molar-refractivity contribution >= 4 is 55.3 Å². The van der Waals surface area contributed by atoms with Crippen LogP contribution >= 0.6 is 11.6 Å². The fraction of sp³-hybridized carbons (Fsp3) is 0.447. The van der Waals surface area contributed by atoms with Crippen LogP contribution < -0.4 is 9.64 Å². The molecule has 12 nitrogen and oxygen atoms in total. The normalized spacial score (nSPS) is 26.4. The molecule has 1 aliphatic carbocycles. The average Bonchev–Trinajstić information content (AvgIpc) is 3.51. The van der Waals surface area contributed by atoms with Gasteiger partial charge in [-0.05, 0) is 91.8 Å². The molecule has 52 heavy (non-hydrogen) atoms. The maximum absolute atomic E-state index is 14.7. The van der Waals surface area contributed by atoms with E-state index in [9.17, 15) is 9.00 Å². The number of benzene rings is 2. The van der Waals surface area contributed by atoms with Gasteiger partial charge in [0.2, 0.25) is 0 Å². The average molecular weight is 746 g/mol. The van der Waals surface area contributed by atoms with Crippen molar-refractivity contribution in [3.63, 3.8) is 0 Å². The van der Waals surface area contributed by atoms with Crippen LogP contribution in [-0.2, 0) is 39.2 Å². The summed E-state index contributed by atoms with van der Waals surface area (Å²) in [7, 11) is 1.77. The summed E-state index contributed by atoms with van der Waals surface area (Å²) in [5.41, 5.74) is 5.21. The summed E-state index contributed by atoms with van der Waals surface area (Å²) in [6.07, 6.45) is 11.8. The van der Waals surface area contributed by atoms with Crippen LogP contribution in [0.15, 0.2) is 70.4 Å². The number of halogens is 1. The Morgan fingerprint density at radius 2 is 1.92 bits per heavy atom. The Morgan fingerprint density at radius 1 is 1.04 bits per heavy atom. The van der Waals surface area contributed by atoms with Crippen LogP contribution in [0.2, 0.25) is 5.02 Å². The summed E-state index contributed by atoms with van der Waals surface area (Å²) < 4.78 is 38.9. The fourth-order valence-electron chi connectivity index (χ4n) is 7.29. The summed E-state index contributed by atoms with van der Waals surface area (Å²) in [5, 5.41) is 5.63. The maximum atomic E-state index is 14.7. The number of aromatic nitrogens is 4. The number of hydrogen-bond acceptors (Lipinski definition) is 10. The molecule has 1 saturated carbocycles. The van der Waals surface area contributed by atoms with Crippen molar-refractivity contribution in [3.8, 4) is 5.75 Å². The molecule has 0 spiro atoms. The fourth-order valence-corrected chi connectivity index (χ4v) is 8.95. The number of fused-ring (bicyclic) bond motifs is 4. The van der Waals surface area contributed by atoms with Gasteiger partial charge in [-0.25, -0.2) is 19.2 Å². The molecule has 2 aromatic heterocycles. The second kappa shape index (κ2) is 15.8. The highest BCUT2D eigenvalue weighted by Gasteiger charge is 2.38. The number of methoxy groups -OCH3 is 2. The number of ether oxygens (including phenoxy) is 3. The van der Waals surface area contributed by atoms with E-state index in [1.165, 1.54) is 23.0 Å². The predicted molar refractivity (Wildman–Crippen MR) is 203 cm³/mol. The largest absolute Gasteiger partial charge is 0.491 e. The highest BCUT2D eigenvalue weighted by molar-refractivity contribution is 8.06. The Labute approximate surface area is 309 Å². The molecule has 14 heteroatoms. The van der Waals surface area contributed by atoms with Crippen LogP contribution in [0.1, 0.15) is 53.6 Å². The highest BCUT2D eigenvalue weighted by Crippen LogP contribution is 2.42. The van der Waals surface area contributed by atoms with Gasteiger partial charge >= 0.3 is 0 Å². The summed E-state index contributed by atoms with van der Waals surface area (Å²) in [4.78, 5) is 29.4. The van der Waals surface area contributed by atoms with Crippen molar-refractivity contribution in [1.82, 2.24) is 19.7 Å². The van der Waals surface area contributed by atoms with Gasteiger partial charge in [0.1, 0.15) is 17.6 Å². The van der Waals surface area contributed by atoms with E-state index >= 15 is 0 Å². The Hall–Kier alpha value is -4.17. The van der Waals surface area contributed by atoms with Gasteiger partial charge in [0.25, 0.3) is 5.91 Å². The molecular formula is C38H44ClN7O5S. The Bertz CT molecular complexity index is 2130. The molecule has 0 radical (unpaired) electrons. The molecule has 0 N–H and O–H groups in total. The van der Waals surface area contributed by atoms with Gasteiger partial charge in [-0.1, -0.05) is 29.8 Å². The summed E-state index contributed by atoms with van der Waals surface area (Å²) in [6.45, 7) is 1.87. The van der Waals surface area contributed by atoms with Crippen LogP contribution in [0.5, 0.6) is 5.75 Å². The molecular weight excluding hydrogens is 702 g/mol. The number of nitrogens with zero attached hydrogens (tertiary/aromatic N) is 7. The molecule has 5 atom stereocenters. The van der Waals surface area contributed by atoms with Gasteiger partial charge in [0, 0.05) is 56.9 Å². The number of carbonyl (C=O) groups excluding carboxylic acids is 1. The molecule has 1 fully saturated rings. The lowest BCUT2D eigenvalue weighted by Gasteiger charge is -2.43. The molecule has 2 aromatic carbocycles. The van der Waals surface area contributed by atoms with Crippen LogP contribution in [-0.4, -0.2) is 80.7 Å². The maximum Gasteiger partial charge on any atom is 0.285 e. The predicted octanol–water partition coefficient (Wildman–Crippen LogP) is 6.72. The van der Waals surface area contributed by atoms with E-state index in [1.807, 2.05) is 24.3 Å². The first-order valence-electron chi connectivity index (χ1n) is 17.7. The molecule has 1 unspecified atom stereocenters. The van der Waals surface area contributed by atoms with E-state index in [2.05, 4.69) is 47.5 Å². The molecule has 3 aliphatic rings. The lowest BCUT2D eigenvalue weighted by atomic mass is 9.70. The number of hydrogen-bond donors (Lipinski definition) is 0. The number of aryl methyl sites for hydroxylation is 2. The van der Waals surface area contributed by atoms with Crippen LogP contribution in [0, 0.1) is 11.8 Å². The Morgan fingerprint density at radius 3 is 2.73 bits per heavy atom. The van der Waals surface area contributed by atoms with Gasteiger partial charge in [0.15, 0.2) is 11.5 Å². The van der Waals surface area contributed by atoms with Crippen LogP contribution in [0.4, 0.5) is 11.5 Å². The molecule has 4 aromatic rings. The quantitative estimate of drug-likeness (QED) is 0.127. The minimum Gasteiger partial charge on any atom is -0.491 e. The summed E-state index contributed by atoms with van der Waals surface area (Å²) in [6, 6.07) is 11.5. The van der Waals surface area contributed by atoms with E-state index < -0.39 is 15.6 Å². The summed E-state index contributed by atoms with van der Waals surface area (Å²) in [5.74, 6) is 1.03. The monoisotopic (exact) mass is 745 g/mol. The van der Waals surface area contributed by atoms with Crippen molar-refractivity contribution in [1.29, 1.82) is 0 Å². The minimum atomic E-state index is -3.36. The first kappa shape index (κ1) is 36.2. The van der Waals surface area contributed by atoms with E-state index in [1.54, 1.807) is 38.2 Å². The first-order chi connectivity index (χ1) is 25.2. The number of amides is 1. The third-order valence-corrected chi connectivity index (χ3v) is 12.3. The van der Waals surface area contributed by atoms with E-state index in [4.69, 9.17) is 25.8 Å². The molecule has 7 rings (SSSR count). The lowest BCUT2D eigenvalue weighted by Crippen LogP contribution is -2.43. The molecule has 2 bridgehead atoms. The number of rotatable bonds is 4. The molecule has 4 heterocycles. The van der Waals surface area contributed by atoms with Crippen molar-refractivity contribution in [3.05, 3.63) is 82.8 Å². The molecule has 0 saturated heterocycles. The Kier molecular flexibility index (Phi) is 11.0. The standard InChI is InChI=1S/C38H44ClN7O5S/c1-45-22-32-36(40-23-41-37(32)43-45)42-24-52(48)17-15-30(49-2)11-14-34(50-3)31-12-8-28(31)21-46-20-27-7-10-29(39)18-25(27)6-4-5-16-51-35-13-9-26(19-33(35)46)38(47)44-52/h7,9-11,13-14,18-19,22-24,28,30-31,34H,4-6,8,12,15-17,20-21H2,1-3H3/b14-11+,42-24?/t28-,30-,31+,34-,52?/m0/s1. The van der Waals surface area contributed by atoms with Crippen LogP contribution in [0.3, 0.4) is 0 Å². The topological polar surface area (TPSA) is 133 Å². The molecule has 2 aliphatic heterocycles. The number of carbonyl (C=O) groups is 1. The van der Waals surface area contributed by atoms with Gasteiger partial charge in [0.05, 0.1) is 39.6 Å². The summed E-state index contributed by atoms with van der Waals surface area (Å²) >= 11 is 6.48. The first-order valence-corrected chi connectivity index (χ1v) is 19.8. The zero-order valence-corrected chi connectivity index (χ0v) is 31.3. The smallest absolute Gasteiger partial charge is 0.285 e. The van der Waals surface area contributed by atoms with E-state index in [-0.39, 0.29) is 29.7 Å². The molecule has 274 valence electrons. The van der Waals surface area contributed by atoms with Crippen LogP contribution in [0.25, 0.3) is 11.0 Å². The number of aliphatic imine (C=N–C) groups is 1. The van der Waals surface area contributed by atoms with Crippen molar-refractivity contribution in [2.75, 3.05) is 38.0 Å². The van der Waals surface area contributed by atoms with E-state index in [0.29, 0.717) is 52.9 Å². The van der Waals surface area contributed by atoms with Crippen molar-refractivity contribution in [2.45, 2.75) is 57.3 Å². The van der Waals surface area contributed by atoms with Gasteiger partial charge in [-0.15, -0.1) is 0 Å². The zero-order chi connectivity index (χ0) is 36.2. The third kappa shape index (κ3) is 8.07. The second-order valence-corrected chi connectivity index (χ2v) is 16.3. The third-order valence-electron chi connectivity index (χ3n) is 10.3. The number of anilines is 1. The van der Waals surface area contributed by atoms with Gasteiger partial charge in [-0.2, -0.15) is 9.46 Å².